The van der Waals surface area contributed by atoms with E-state index in [1.54, 1.807) is 13.8 Å². The minimum atomic E-state index is -1.27. The van der Waals surface area contributed by atoms with Crippen LogP contribution in [0.15, 0.2) is 0 Å². The second-order valence-corrected chi connectivity index (χ2v) is 4.64. The van der Waals surface area contributed by atoms with Crippen LogP contribution in [-0.2, 0) is 14.3 Å². The Morgan fingerprint density at radius 3 is 2.27 bits per heavy atom. The first kappa shape index (κ1) is 12.0. The van der Waals surface area contributed by atoms with Crippen molar-refractivity contribution in [1.82, 2.24) is 0 Å². The molecule has 1 aliphatic heterocycles. The van der Waals surface area contributed by atoms with Gasteiger partial charge in [0.1, 0.15) is 0 Å². The molecule has 5 heteroatoms. The molecule has 0 radical (unpaired) electrons. The molecular weight excluding hydrogens is 200 g/mol. The van der Waals surface area contributed by atoms with Gasteiger partial charge in [-0.15, -0.1) is 0 Å². The summed E-state index contributed by atoms with van der Waals surface area (Å²) in [6.45, 7) is 4.90. The number of aliphatic carboxylic acids is 2. The van der Waals surface area contributed by atoms with E-state index in [-0.39, 0.29) is 12.3 Å². The number of carbonyl (C=O) groups is 2. The van der Waals surface area contributed by atoms with E-state index >= 15 is 0 Å². The van der Waals surface area contributed by atoms with Crippen molar-refractivity contribution in [3.63, 3.8) is 0 Å². The molecule has 0 aromatic heterocycles. The zero-order valence-electron chi connectivity index (χ0n) is 9.11. The minimum absolute atomic E-state index is 0.166. The van der Waals surface area contributed by atoms with Crippen molar-refractivity contribution in [1.29, 1.82) is 0 Å². The van der Waals surface area contributed by atoms with Crippen LogP contribution in [0.3, 0.4) is 0 Å². The Labute approximate surface area is 88.0 Å². The summed E-state index contributed by atoms with van der Waals surface area (Å²) in [5.74, 6) is -2.21. The van der Waals surface area contributed by atoms with Gasteiger partial charge >= 0.3 is 11.9 Å². The van der Waals surface area contributed by atoms with Crippen molar-refractivity contribution in [2.24, 2.45) is 5.92 Å². The van der Waals surface area contributed by atoms with Crippen LogP contribution in [0.1, 0.15) is 33.6 Å². The van der Waals surface area contributed by atoms with Crippen LogP contribution in [0.25, 0.3) is 0 Å². The first-order valence-electron chi connectivity index (χ1n) is 4.85. The van der Waals surface area contributed by atoms with Crippen LogP contribution >= 0.6 is 0 Å². The molecule has 1 fully saturated rings. The van der Waals surface area contributed by atoms with Crippen molar-refractivity contribution in [2.75, 3.05) is 0 Å². The van der Waals surface area contributed by atoms with Gasteiger partial charge < -0.3 is 14.9 Å². The van der Waals surface area contributed by atoms with E-state index < -0.39 is 23.1 Å². The number of hydrogen-bond acceptors (Lipinski definition) is 3. The molecule has 1 saturated heterocycles. The van der Waals surface area contributed by atoms with Crippen molar-refractivity contribution < 1.29 is 24.5 Å². The first-order valence-corrected chi connectivity index (χ1v) is 4.85. The van der Waals surface area contributed by atoms with Gasteiger partial charge in [0.25, 0.3) is 0 Å². The van der Waals surface area contributed by atoms with Gasteiger partial charge in [-0.05, 0) is 26.2 Å². The van der Waals surface area contributed by atoms with E-state index in [1.165, 1.54) is 6.92 Å². The van der Waals surface area contributed by atoms with Crippen LogP contribution < -0.4 is 0 Å². The van der Waals surface area contributed by atoms with Gasteiger partial charge in [0.2, 0.25) is 0 Å². The molecule has 1 aliphatic rings. The van der Waals surface area contributed by atoms with Crippen LogP contribution in [0.5, 0.6) is 0 Å². The lowest BCUT2D eigenvalue weighted by molar-refractivity contribution is -0.176. The SMILES string of the molecule is C[C@@H]1C[C@](C)(CC(=O)O)O[C@]1(C)C(=O)O. The third kappa shape index (κ3) is 2.12. The number of hydrogen-bond donors (Lipinski definition) is 2. The number of carboxylic acids is 2. The van der Waals surface area contributed by atoms with E-state index in [4.69, 9.17) is 14.9 Å². The van der Waals surface area contributed by atoms with Gasteiger partial charge in [-0.3, -0.25) is 4.79 Å². The fourth-order valence-corrected chi connectivity index (χ4v) is 2.18. The quantitative estimate of drug-likeness (QED) is 0.738. The highest BCUT2D eigenvalue weighted by molar-refractivity contribution is 5.78. The largest absolute Gasteiger partial charge is 0.481 e. The van der Waals surface area contributed by atoms with Crippen LogP contribution in [-0.4, -0.2) is 33.4 Å². The molecule has 0 bridgehead atoms. The number of carboxylic acid groups (broad SMARTS) is 2. The zero-order valence-corrected chi connectivity index (χ0v) is 9.11. The van der Waals surface area contributed by atoms with E-state index in [0.29, 0.717) is 6.42 Å². The maximum absolute atomic E-state index is 11.0. The lowest BCUT2D eigenvalue weighted by Crippen LogP contribution is -2.42. The molecule has 0 aromatic rings. The highest BCUT2D eigenvalue weighted by Crippen LogP contribution is 2.43. The van der Waals surface area contributed by atoms with Gasteiger partial charge in [-0.25, -0.2) is 4.79 Å². The molecular formula is C10H16O5. The zero-order chi connectivity index (χ0) is 11.9. The molecule has 0 aromatic carbocycles. The summed E-state index contributed by atoms with van der Waals surface area (Å²) in [4.78, 5) is 21.7. The monoisotopic (exact) mass is 216 g/mol. The molecule has 3 atom stereocenters. The molecule has 86 valence electrons. The Balaban J connectivity index is 2.87. The topological polar surface area (TPSA) is 83.8 Å². The molecule has 5 nitrogen and oxygen atoms in total. The normalized spacial score (nSPS) is 40.3. The van der Waals surface area contributed by atoms with E-state index in [9.17, 15) is 9.59 Å². The number of rotatable bonds is 3. The van der Waals surface area contributed by atoms with Gasteiger partial charge in [-0.1, -0.05) is 6.92 Å². The van der Waals surface area contributed by atoms with E-state index in [2.05, 4.69) is 0 Å². The smallest absolute Gasteiger partial charge is 0.335 e. The molecule has 2 N–H and O–H groups in total. The standard InChI is InChI=1S/C10H16O5/c1-6-4-9(2,5-7(11)12)15-10(6,3)8(13)14/h6H,4-5H2,1-3H3,(H,11,12)(H,13,14)/t6-,9-,10+/m1/s1. The molecule has 1 rings (SSSR count). The van der Waals surface area contributed by atoms with Crippen LogP contribution in [0, 0.1) is 5.92 Å². The summed E-state index contributed by atoms with van der Waals surface area (Å²) >= 11 is 0. The summed E-state index contributed by atoms with van der Waals surface area (Å²) in [7, 11) is 0. The predicted octanol–water partition coefficient (Wildman–Crippen LogP) is 1.12. The van der Waals surface area contributed by atoms with Crippen LogP contribution in [0.4, 0.5) is 0 Å². The lowest BCUT2D eigenvalue weighted by atomic mass is 9.86. The second kappa shape index (κ2) is 3.48. The maximum atomic E-state index is 11.0. The Morgan fingerprint density at radius 1 is 1.40 bits per heavy atom. The second-order valence-electron chi connectivity index (χ2n) is 4.64. The maximum Gasteiger partial charge on any atom is 0.335 e. The lowest BCUT2D eigenvalue weighted by Gasteiger charge is -2.27. The Kier molecular flexibility index (Phi) is 2.78. The molecule has 15 heavy (non-hydrogen) atoms. The predicted molar refractivity (Wildman–Crippen MR) is 51.6 cm³/mol. The summed E-state index contributed by atoms with van der Waals surface area (Å²) < 4.78 is 5.44. The van der Waals surface area contributed by atoms with Crippen molar-refractivity contribution >= 4 is 11.9 Å². The summed E-state index contributed by atoms with van der Waals surface area (Å²) in [5.41, 5.74) is -2.15. The minimum Gasteiger partial charge on any atom is -0.481 e. The summed E-state index contributed by atoms with van der Waals surface area (Å²) in [6.07, 6.45) is 0.280. The molecule has 0 unspecified atom stereocenters. The van der Waals surface area contributed by atoms with Crippen LogP contribution in [0.2, 0.25) is 0 Å². The third-order valence-electron chi connectivity index (χ3n) is 3.09. The molecule has 0 spiro atoms. The van der Waals surface area contributed by atoms with Gasteiger partial charge in [-0.2, -0.15) is 0 Å². The molecule has 0 saturated carbocycles. The third-order valence-corrected chi connectivity index (χ3v) is 3.09. The Hall–Kier alpha value is -1.10. The van der Waals surface area contributed by atoms with Gasteiger partial charge in [0.05, 0.1) is 12.0 Å². The van der Waals surface area contributed by atoms with Crippen molar-refractivity contribution in [3.8, 4) is 0 Å². The highest BCUT2D eigenvalue weighted by Gasteiger charge is 2.54. The average Bonchev–Trinajstić information content (AvgIpc) is 2.21. The van der Waals surface area contributed by atoms with Crippen molar-refractivity contribution in [3.05, 3.63) is 0 Å². The molecule has 0 amide bonds. The Bertz CT molecular complexity index is 300. The van der Waals surface area contributed by atoms with Gasteiger partial charge in [0, 0.05) is 0 Å². The summed E-state index contributed by atoms with van der Waals surface area (Å²) in [5, 5.41) is 17.7. The van der Waals surface area contributed by atoms with E-state index in [0.717, 1.165) is 0 Å². The summed E-state index contributed by atoms with van der Waals surface area (Å²) in [6, 6.07) is 0. The number of ether oxygens (including phenoxy) is 1. The molecule has 0 aliphatic carbocycles. The average molecular weight is 216 g/mol. The Morgan fingerprint density at radius 2 is 1.93 bits per heavy atom. The van der Waals surface area contributed by atoms with Crippen molar-refractivity contribution in [2.45, 2.75) is 44.8 Å². The van der Waals surface area contributed by atoms with Gasteiger partial charge in [0.15, 0.2) is 5.60 Å². The van der Waals surface area contributed by atoms with E-state index in [1.807, 2.05) is 0 Å². The fraction of sp³-hybridized carbons (Fsp3) is 0.800. The molecule has 1 heterocycles. The fourth-order valence-electron chi connectivity index (χ4n) is 2.18. The highest BCUT2D eigenvalue weighted by atomic mass is 16.6. The first-order chi connectivity index (χ1) is 6.69.